The molecule has 2 rings (SSSR count). The van der Waals surface area contributed by atoms with Crippen LogP contribution >= 0.6 is 0 Å². The van der Waals surface area contributed by atoms with Gasteiger partial charge in [0, 0.05) is 18.7 Å². The fraction of sp³-hybridized carbons (Fsp3) is 0.312. The Balaban J connectivity index is 1.83. The Morgan fingerprint density at radius 2 is 1.95 bits per heavy atom. The van der Waals surface area contributed by atoms with Crippen LogP contribution in [0.2, 0.25) is 0 Å². The van der Waals surface area contributed by atoms with Crippen molar-refractivity contribution in [1.82, 2.24) is 0 Å². The van der Waals surface area contributed by atoms with Gasteiger partial charge in [0.1, 0.15) is 0 Å². The Bertz CT molecular complexity index is 551. The molecule has 100 valence electrons. The summed E-state index contributed by atoms with van der Waals surface area (Å²) in [5, 5.41) is 5.78. The van der Waals surface area contributed by atoms with Gasteiger partial charge < -0.3 is 10.1 Å². The molecular weight excluding hydrogens is 238 g/mol. The number of nitrogens with one attached hydrogen (secondary N) is 1. The predicted molar refractivity (Wildman–Crippen MR) is 78.3 cm³/mol. The highest BCUT2D eigenvalue weighted by molar-refractivity contribution is 5.85. The van der Waals surface area contributed by atoms with Gasteiger partial charge in [-0.3, -0.25) is 4.79 Å². The Labute approximate surface area is 113 Å². The zero-order valence-electron chi connectivity index (χ0n) is 11.2. The Kier molecular flexibility index (Phi) is 4.78. The zero-order valence-corrected chi connectivity index (χ0v) is 11.2. The molecule has 0 bridgehead atoms. The van der Waals surface area contributed by atoms with Crippen LogP contribution in [0.5, 0.6) is 0 Å². The average Bonchev–Trinajstić information content (AvgIpc) is 2.44. The van der Waals surface area contributed by atoms with Crippen molar-refractivity contribution in [1.29, 1.82) is 0 Å². The molecule has 3 nitrogen and oxygen atoms in total. The minimum atomic E-state index is -0.122. The van der Waals surface area contributed by atoms with Crippen LogP contribution in [-0.2, 0) is 9.53 Å². The van der Waals surface area contributed by atoms with Gasteiger partial charge in [-0.15, -0.1) is 0 Å². The Morgan fingerprint density at radius 1 is 1.16 bits per heavy atom. The Morgan fingerprint density at radius 3 is 2.74 bits per heavy atom. The van der Waals surface area contributed by atoms with Crippen LogP contribution in [0.25, 0.3) is 10.8 Å². The maximum Gasteiger partial charge on any atom is 0.305 e. The van der Waals surface area contributed by atoms with Crippen LogP contribution in [0.4, 0.5) is 5.69 Å². The molecule has 0 aromatic heterocycles. The largest absolute Gasteiger partial charge is 0.466 e. The number of anilines is 1. The number of ether oxygens (including phenoxy) is 1. The van der Waals surface area contributed by atoms with Gasteiger partial charge in [0.2, 0.25) is 0 Å². The van der Waals surface area contributed by atoms with Crippen molar-refractivity contribution in [3.05, 3.63) is 42.5 Å². The van der Waals surface area contributed by atoms with Gasteiger partial charge in [0.05, 0.1) is 6.61 Å². The van der Waals surface area contributed by atoms with E-state index in [0.29, 0.717) is 13.0 Å². The lowest BCUT2D eigenvalue weighted by molar-refractivity contribution is -0.143. The number of carbonyl (C=O) groups excluding carboxylic acids is 1. The molecule has 0 radical (unpaired) electrons. The topological polar surface area (TPSA) is 38.3 Å². The van der Waals surface area contributed by atoms with E-state index in [2.05, 4.69) is 35.6 Å². The maximum absolute atomic E-state index is 11.2. The molecule has 0 saturated heterocycles. The normalized spacial score (nSPS) is 10.4. The van der Waals surface area contributed by atoms with Gasteiger partial charge in [-0.05, 0) is 36.2 Å². The number of fused-ring (bicyclic) bond motifs is 1. The van der Waals surface area contributed by atoms with Crippen molar-refractivity contribution in [2.75, 3.05) is 18.5 Å². The molecule has 0 heterocycles. The van der Waals surface area contributed by atoms with Crippen molar-refractivity contribution in [3.8, 4) is 0 Å². The summed E-state index contributed by atoms with van der Waals surface area (Å²) in [6.07, 6.45) is 1.25. The van der Waals surface area contributed by atoms with E-state index < -0.39 is 0 Å². The first-order valence-electron chi connectivity index (χ1n) is 6.68. The van der Waals surface area contributed by atoms with Gasteiger partial charge in [-0.2, -0.15) is 0 Å². The number of benzene rings is 2. The fourth-order valence-corrected chi connectivity index (χ4v) is 2.00. The van der Waals surface area contributed by atoms with Crippen LogP contribution in [0, 0.1) is 0 Å². The number of hydrogen-bond acceptors (Lipinski definition) is 3. The third kappa shape index (κ3) is 3.98. The molecule has 2 aromatic carbocycles. The molecule has 1 N–H and O–H groups in total. The van der Waals surface area contributed by atoms with Crippen LogP contribution in [-0.4, -0.2) is 19.1 Å². The monoisotopic (exact) mass is 257 g/mol. The lowest BCUT2D eigenvalue weighted by atomic mass is 10.1. The number of esters is 1. The van der Waals surface area contributed by atoms with Crippen LogP contribution in [0.1, 0.15) is 19.8 Å². The minimum absolute atomic E-state index is 0.122. The molecule has 0 unspecified atom stereocenters. The average molecular weight is 257 g/mol. The molecule has 0 amide bonds. The molecule has 0 saturated carbocycles. The maximum atomic E-state index is 11.2. The number of carbonyl (C=O) groups is 1. The SMILES string of the molecule is CCOC(=O)CCCNc1ccc2ccccc2c1. The van der Waals surface area contributed by atoms with Gasteiger partial charge in [0.15, 0.2) is 0 Å². The molecule has 19 heavy (non-hydrogen) atoms. The molecule has 0 atom stereocenters. The van der Waals surface area contributed by atoms with Crippen molar-refractivity contribution >= 4 is 22.4 Å². The van der Waals surface area contributed by atoms with E-state index in [-0.39, 0.29) is 5.97 Å². The summed E-state index contributed by atoms with van der Waals surface area (Å²) in [7, 11) is 0. The summed E-state index contributed by atoms with van der Waals surface area (Å²) in [6.45, 7) is 3.05. The third-order valence-electron chi connectivity index (χ3n) is 2.94. The molecule has 0 spiro atoms. The summed E-state index contributed by atoms with van der Waals surface area (Å²) in [5.74, 6) is -0.122. The van der Waals surface area contributed by atoms with Crippen molar-refractivity contribution < 1.29 is 9.53 Å². The van der Waals surface area contributed by atoms with E-state index in [0.717, 1.165) is 18.7 Å². The molecule has 3 heteroatoms. The standard InChI is InChI=1S/C16H19NO2/c1-2-19-16(18)8-5-11-17-15-10-9-13-6-3-4-7-14(13)12-15/h3-4,6-7,9-10,12,17H,2,5,8,11H2,1H3. The summed E-state index contributed by atoms with van der Waals surface area (Å²) < 4.78 is 4.89. The van der Waals surface area contributed by atoms with Crippen molar-refractivity contribution in [2.24, 2.45) is 0 Å². The first kappa shape index (κ1) is 13.4. The van der Waals surface area contributed by atoms with E-state index in [4.69, 9.17) is 4.74 Å². The van der Waals surface area contributed by atoms with Crippen molar-refractivity contribution in [3.63, 3.8) is 0 Å². The second kappa shape index (κ2) is 6.78. The quantitative estimate of drug-likeness (QED) is 0.634. The van der Waals surface area contributed by atoms with E-state index in [9.17, 15) is 4.79 Å². The van der Waals surface area contributed by atoms with Gasteiger partial charge in [0.25, 0.3) is 0 Å². The molecular formula is C16H19NO2. The van der Waals surface area contributed by atoms with E-state index in [1.807, 2.05) is 19.1 Å². The first-order valence-corrected chi connectivity index (χ1v) is 6.68. The molecule has 0 aliphatic rings. The number of hydrogen-bond donors (Lipinski definition) is 1. The third-order valence-corrected chi connectivity index (χ3v) is 2.94. The van der Waals surface area contributed by atoms with Gasteiger partial charge in [-0.1, -0.05) is 30.3 Å². The number of rotatable bonds is 6. The molecule has 0 aliphatic carbocycles. The lowest BCUT2D eigenvalue weighted by Gasteiger charge is -2.07. The highest BCUT2D eigenvalue weighted by Crippen LogP contribution is 2.18. The second-order valence-electron chi connectivity index (χ2n) is 4.40. The first-order chi connectivity index (χ1) is 9.29. The van der Waals surface area contributed by atoms with Crippen LogP contribution in [0.15, 0.2) is 42.5 Å². The molecule has 0 aliphatic heterocycles. The van der Waals surface area contributed by atoms with E-state index in [1.54, 1.807) is 0 Å². The molecule has 2 aromatic rings. The van der Waals surface area contributed by atoms with Crippen LogP contribution in [0.3, 0.4) is 0 Å². The lowest BCUT2D eigenvalue weighted by Crippen LogP contribution is -2.08. The fourth-order valence-electron chi connectivity index (χ4n) is 2.00. The zero-order chi connectivity index (χ0) is 13.5. The second-order valence-corrected chi connectivity index (χ2v) is 4.40. The summed E-state index contributed by atoms with van der Waals surface area (Å²) in [6, 6.07) is 14.6. The van der Waals surface area contributed by atoms with E-state index >= 15 is 0 Å². The smallest absolute Gasteiger partial charge is 0.305 e. The predicted octanol–water partition coefficient (Wildman–Crippen LogP) is 3.60. The minimum Gasteiger partial charge on any atom is -0.466 e. The van der Waals surface area contributed by atoms with Gasteiger partial charge >= 0.3 is 5.97 Å². The molecule has 0 fully saturated rings. The van der Waals surface area contributed by atoms with Gasteiger partial charge in [-0.25, -0.2) is 0 Å². The summed E-state index contributed by atoms with van der Waals surface area (Å²) in [5.41, 5.74) is 1.09. The van der Waals surface area contributed by atoms with E-state index in [1.165, 1.54) is 10.8 Å². The summed E-state index contributed by atoms with van der Waals surface area (Å²) in [4.78, 5) is 11.2. The Hall–Kier alpha value is -2.03. The van der Waals surface area contributed by atoms with Crippen LogP contribution < -0.4 is 5.32 Å². The highest BCUT2D eigenvalue weighted by atomic mass is 16.5. The summed E-state index contributed by atoms with van der Waals surface area (Å²) >= 11 is 0. The highest BCUT2D eigenvalue weighted by Gasteiger charge is 2.01. The van der Waals surface area contributed by atoms with Crippen molar-refractivity contribution in [2.45, 2.75) is 19.8 Å².